The minimum Gasteiger partial charge on any atom is -0.382 e. The van der Waals surface area contributed by atoms with Crippen LogP contribution in [0.2, 0.25) is 0 Å². The third-order valence-electron chi connectivity index (χ3n) is 3.14. The van der Waals surface area contributed by atoms with Gasteiger partial charge in [-0.3, -0.25) is 9.78 Å². The highest BCUT2D eigenvalue weighted by Crippen LogP contribution is 2.25. The Morgan fingerprint density at radius 3 is 2.57 bits per heavy atom. The molecule has 0 spiro atoms. The summed E-state index contributed by atoms with van der Waals surface area (Å²) in [6, 6.07) is 7.14. The Morgan fingerprint density at radius 2 is 1.90 bits per heavy atom. The average Bonchev–Trinajstić information content (AvgIpc) is 3.27. The summed E-state index contributed by atoms with van der Waals surface area (Å²) in [5.74, 6) is -2.30. The molecule has 0 radical (unpaired) electrons. The summed E-state index contributed by atoms with van der Waals surface area (Å²) in [5.41, 5.74) is 0.403. The first-order chi connectivity index (χ1) is 10.1. The van der Waals surface area contributed by atoms with Gasteiger partial charge in [0.05, 0.1) is 0 Å². The lowest BCUT2D eigenvalue weighted by Gasteiger charge is -2.09. The van der Waals surface area contributed by atoms with Gasteiger partial charge in [0.25, 0.3) is 5.91 Å². The molecule has 1 aromatic carbocycles. The SMILES string of the molecule is O=C(Nc1c(F)cccc1F)c1cc(NC2CC2)ccn1. The van der Waals surface area contributed by atoms with Crippen molar-refractivity contribution >= 4 is 17.3 Å². The fourth-order valence-corrected chi connectivity index (χ4v) is 1.90. The summed E-state index contributed by atoms with van der Waals surface area (Å²) in [6.45, 7) is 0. The van der Waals surface area contributed by atoms with E-state index in [1.165, 1.54) is 12.3 Å². The largest absolute Gasteiger partial charge is 0.382 e. The molecule has 1 amide bonds. The number of aromatic nitrogens is 1. The van der Waals surface area contributed by atoms with Gasteiger partial charge in [0.1, 0.15) is 23.0 Å². The molecule has 21 heavy (non-hydrogen) atoms. The van der Waals surface area contributed by atoms with E-state index in [-0.39, 0.29) is 5.69 Å². The number of para-hydroxylation sites is 1. The van der Waals surface area contributed by atoms with Gasteiger partial charge in [-0.25, -0.2) is 8.78 Å². The van der Waals surface area contributed by atoms with Crippen LogP contribution in [-0.2, 0) is 0 Å². The van der Waals surface area contributed by atoms with Crippen LogP contribution in [0.4, 0.5) is 20.2 Å². The molecule has 1 aliphatic rings. The second kappa shape index (κ2) is 5.47. The zero-order valence-electron chi connectivity index (χ0n) is 11.1. The Labute approximate surface area is 120 Å². The first-order valence-electron chi connectivity index (χ1n) is 6.61. The van der Waals surface area contributed by atoms with E-state index >= 15 is 0 Å². The van der Waals surface area contributed by atoms with Crippen LogP contribution in [0, 0.1) is 11.6 Å². The lowest BCUT2D eigenvalue weighted by molar-refractivity contribution is 0.102. The molecule has 0 aliphatic heterocycles. The Bertz CT molecular complexity index is 666. The lowest BCUT2D eigenvalue weighted by atomic mass is 10.2. The lowest BCUT2D eigenvalue weighted by Crippen LogP contribution is -2.16. The van der Waals surface area contributed by atoms with Gasteiger partial charge < -0.3 is 10.6 Å². The zero-order valence-corrected chi connectivity index (χ0v) is 11.1. The molecule has 1 saturated carbocycles. The number of nitrogens with zero attached hydrogens (tertiary/aromatic N) is 1. The molecule has 6 heteroatoms. The summed E-state index contributed by atoms with van der Waals surface area (Å²) in [5, 5.41) is 5.44. The predicted molar refractivity (Wildman–Crippen MR) is 75.2 cm³/mol. The van der Waals surface area contributed by atoms with Crippen LogP contribution in [0.1, 0.15) is 23.3 Å². The maximum Gasteiger partial charge on any atom is 0.274 e. The fourth-order valence-electron chi connectivity index (χ4n) is 1.90. The van der Waals surface area contributed by atoms with E-state index in [0.717, 1.165) is 30.7 Å². The first-order valence-corrected chi connectivity index (χ1v) is 6.61. The summed E-state index contributed by atoms with van der Waals surface area (Å²) in [7, 11) is 0. The number of pyridine rings is 1. The highest BCUT2D eigenvalue weighted by atomic mass is 19.1. The van der Waals surface area contributed by atoms with Gasteiger partial charge >= 0.3 is 0 Å². The Balaban J connectivity index is 1.78. The summed E-state index contributed by atoms with van der Waals surface area (Å²) >= 11 is 0. The van der Waals surface area contributed by atoms with Gasteiger partial charge in [-0.15, -0.1) is 0 Å². The van der Waals surface area contributed by atoms with Crippen molar-refractivity contribution in [1.29, 1.82) is 0 Å². The monoisotopic (exact) mass is 289 g/mol. The highest BCUT2D eigenvalue weighted by Gasteiger charge is 2.21. The second-order valence-corrected chi connectivity index (χ2v) is 4.90. The molecule has 1 aromatic heterocycles. The number of hydrogen-bond donors (Lipinski definition) is 2. The van der Waals surface area contributed by atoms with Gasteiger partial charge in [-0.05, 0) is 37.1 Å². The van der Waals surface area contributed by atoms with Crippen molar-refractivity contribution in [2.24, 2.45) is 0 Å². The van der Waals surface area contributed by atoms with Crippen molar-refractivity contribution in [3.05, 3.63) is 53.9 Å². The van der Waals surface area contributed by atoms with E-state index in [1.54, 1.807) is 12.1 Å². The molecule has 1 heterocycles. The standard InChI is InChI=1S/C15H13F2N3O/c16-11-2-1-3-12(17)14(11)20-15(21)13-8-10(6-7-18-13)19-9-4-5-9/h1-3,6-9H,4-5H2,(H,18,19)(H,20,21). The molecule has 2 aromatic rings. The quantitative estimate of drug-likeness (QED) is 0.909. The molecule has 0 saturated heterocycles. The molecule has 2 N–H and O–H groups in total. The van der Waals surface area contributed by atoms with Crippen molar-refractivity contribution in [2.45, 2.75) is 18.9 Å². The molecule has 108 valence electrons. The van der Waals surface area contributed by atoms with Crippen LogP contribution < -0.4 is 10.6 Å². The molecule has 4 nitrogen and oxygen atoms in total. The number of carbonyl (C=O) groups excluding carboxylic acids is 1. The summed E-state index contributed by atoms with van der Waals surface area (Å²) in [6.07, 6.45) is 3.69. The second-order valence-electron chi connectivity index (χ2n) is 4.90. The number of benzene rings is 1. The molecule has 0 bridgehead atoms. The first kappa shape index (κ1) is 13.5. The van der Waals surface area contributed by atoms with Crippen molar-refractivity contribution in [3.63, 3.8) is 0 Å². The summed E-state index contributed by atoms with van der Waals surface area (Å²) < 4.78 is 27.0. The van der Waals surface area contributed by atoms with Crippen LogP contribution in [-0.4, -0.2) is 16.9 Å². The number of nitrogens with one attached hydrogen (secondary N) is 2. The maximum atomic E-state index is 13.5. The molecular weight excluding hydrogens is 276 g/mol. The third-order valence-corrected chi connectivity index (χ3v) is 3.14. The van der Waals surface area contributed by atoms with E-state index in [9.17, 15) is 13.6 Å². The Hall–Kier alpha value is -2.50. The Morgan fingerprint density at radius 1 is 1.19 bits per heavy atom. The number of hydrogen-bond acceptors (Lipinski definition) is 3. The van der Waals surface area contributed by atoms with Crippen molar-refractivity contribution in [2.75, 3.05) is 10.6 Å². The highest BCUT2D eigenvalue weighted by molar-refractivity contribution is 6.03. The van der Waals surface area contributed by atoms with Crippen LogP contribution in [0.5, 0.6) is 0 Å². The average molecular weight is 289 g/mol. The zero-order chi connectivity index (χ0) is 14.8. The van der Waals surface area contributed by atoms with Crippen LogP contribution in [0.15, 0.2) is 36.5 Å². The van der Waals surface area contributed by atoms with Crippen LogP contribution in [0.25, 0.3) is 0 Å². The van der Waals surface area contributed by atoms with E-state index < -0.39 is 23.2 Å². The van der Waals surface area contributed by atoms with Crippen LogP contribution in [0.3, 0.4) is 0 Å². The van der Waals surface area contributed by atoms with E-state index in [2.05, 4.69) is 15.6 Å². The molecule has 0 unspecified atom stereocenters. The topological polar surface area (TPSA) is 54.0 Å². The number of carbonyl (C=O) groups is 1. The van der Waals surface area contributed by atoms with Crippen molar-refractivity contribution in [1.82, 2.24) is 4.98 Å². The van der Waals surface area contributed by atoms with E-state index in [0.29, 0.717) is 6.04 Å². The maximum absolute atomic E-state index is 13.5. The van der Waals surface area contributed by atoms with Crippen molar-refractivity contribution in [3.8, 4) is 0 Å². The third kappa shape index (κ3) is 3.16. The van der Waals surface area contributed by atoms with Crippen molar-refractivity contribution < 1.29 is 13.6 Å². The van der Waals surface area contributed by atoms with Crippen LogP contribution >= 0.6 is 0 Å². The minimum atomic E-state index is -0.824. The van der Waals surface area contributed by atoms with E-state index in [1.807, 2.05) is 0 Å². The van der Waals surface area contributed by atoms with Gasteiger partial charge in [-0.2, -0.15) is 0 Å². The van der Waals surface area contributed by atoms with Gasteiger partial charge in [0.2, 0.25) is 0 Å². The van der Waals surface area contributed by atoms with E-state index in [4.69, 9.17) is 0 Å². The summed E-state index contributed by atoms with van der Waals surface area (Å²) in [4.78, 5) is 16.0. The molecular formula is C15H13F2N3O. The molecule has 0 atom stereocenters. The number of amides is 1. The normalized spacial score (nSPS) is 13.8. The molecule has 1 aliphatic carbocycles. The number of rotatable bonds is 4. The van der Waals surface area contributed by atoms with Gasteiger partial charge in [-0.1, -0.05) is 6.07 Å². The molecule has 3 rings (SSSR count). The predicted octanol–water partition coefficient (Wildman–Crippen LogP) is 3.19. The smallest absolute Gasteiger partial charge is 0.274 e. The minimum absolute atomic E-state index is 0.100. The fraction of sp³-hybridized carbons (Fsp3) is 0.200. The molecule has 1 fully saturated rings. The Kier molecular flexibility index (Phi) is 3.51. The number of halogens is 2. The van der Waals surface area contributed by atoms with Gasteiger partial charge in [0.15, 0.2) is 0 Å². The number of anilines is 2. The van der Waals surface area contributed by atoms with Gasteiger partial charge in [0, 0.05) is 17.9 Å².